The number of nitrogen functional groups attached to an aromatic ring is 1. The Morgan fingerprint density at radius 1 is 0.370 bits per heavy atom. The molecule has 3 rings (SSSR count). The molecule has 0 radical (unpaired) electrons. The van der Waals surface area contributed by atoms with E-state index in [9.17, 15) is 9.59 Å². The van der Waals surface area contributed by atoms with E-state index in [1.54, 1.807) is 36.4 Å². The molecule has 0 fully saturated rings. The Balaban J connectivity index is 0.906. The first-order valence-corrected chi connectivity index (χ1v) is 18.5. The monoisotopic (exact) mass is 766 g/mol. The Hall–Kier alpha value is -3.26. The highest BCUT2D eigenvalue weighted by Crippen LogP contribution is 2.21. The van der Waals surface area contributed by atoms with E-state index in [0.717, 1.165) is 5.75 Å². The first-order chi connectivity index (χ1) is 26.7. The van der Waals surface area contributed by atoms with Gasteiger partial charge in [0.15, 0.2) is 0 Å². The average Bonchev–Trinajstić information content (AvgIpc) is 3.43. The minimum absolute atomic E-state index is 0.211. The van der Waals surface area contributed by atoms with E-state index in [1.807, 2.05) is 12.1 Å². The zero-order chi connectivity index (χ0) is 38.2. The van der Waals surface area contributed by atoms with E-state index in [2.05, 4.69) is 0 Å². The molecule has 2 N–H and O–H groups in total. The summed E-state index contributed by atoms with van der Waals surface area (Å²) >= 11 is 0. The second-order valence-electron chi connectivity index (χ2n) is 11.5. The van der Waals surface area contributed by atoms with Crippen LogP contribution in [0.25, 0.3) is 0 Å². The number of ether oxygens (including phenoxy) is 12. The number of nitrogens with two attached hydrogens (primary N) is 1. The number of carbonyl (C=O) groups is 2. The summed E-state index contributed by atoms with van der Waals surface area (Å²) in [4.78, 5) is 25.8. The minimum Gasteiger partial charge on any atom is -0.491 e. The van der Waals surface area contributed by atoms with Crippen molar-refractivity contribution in [3.8, 4) is 5.75 Å². The normalized spacial score (nSPS) is 12.6. The van der Waals surface area contributed by atoms with E-state index in [1.165, 1.54) is 4.90 Å². The minimum atomic E-state index is -0.280. The Kier molecular flexibility index (Phi) is 25.9. The van der Waals surface area contributed by atoms with Crippen molar-refractivity contribution in [1.82, 2.24) is 4.90 Å². The van der Waals surface area contributed by atoms with Gasteiger partial charge >= 0.3 is 0 Å². The molecule has 304 valence electrons. The number of nitrogens with zero attached hydrogens (tertiary/aromatic N) is 1. The summed E-state index contributed by atoms with van der Waals surface area (Å²) in [6, 6.07) is 14.1. The lowest BCUT2D eigenvalue weighted by Gasteiger charge is -2.13. The molecule has 1 heterocycles. The Bertz CT molecular complexity index is 1200. The fourth-order valence-corrected chi connectivity index (χ4v) is 4.68. The van der Waals surface area contributed by atoms with Gasteiger partial charge in [-0.3, -0.25) is 14.5 Å². The van der Waals surface area contributed by atoms with E-state index >= 15 is 0 Å². The molecule has 0 unspecified atom stereocenters. The highest BCUT2D eigenvalue weighted by molar-refractivity contribution is 6.21. The molecule has 16 heteroatoms. The van der Waals surface area contributed by atoms with Crippen molar-refractivity contribution in [2.45, 2.75) is 0 Å². The van der Waals surface area contributed by atoms with Crippen LogP contribution in [0.3, 0.4) is 0 Å². The predicted molar refractivity (Wildman–Crippen MR) is 197 cm³/mol. The van der Waals surface area contributed by atoms with Gasteiger partial charge in [-0.25, -0.2) is 0 Å². The van der Waals surface area contributed by atoms with E-state index in [4.69, 9.17) is 62.6 Å². The number of hydrogen-bond donors (Lipinski definition) is 1. The standard InChI is InChI=1S/C38H58N2O14/c39-33-5-7-34(8-6-33)54-32-31-53-30-29-52-28-27-51-26-25-50-24-23-49-22-21-48-20-19-47-18-17-46-16-15-45-14-13-44-12-11-43-10-9-40-37(41)35-3-1-2-4-36(35)38(40)42/h1-8H,9-32,39H2. The van der Waals surface area contributed by atoms with Gasteiger partial charge in [0.05, 0.1) is 163 Å². The molecule has 1 aliphatic rings. The third kappa shape index (κ3) is 21.0. The first-order valence-electron chi connectivity index (χ1n) is 18.5. The third-order valence-corrected chi connectivity index (χ3v) is 7.43. The largest absolute Gasteiger partial charge is 0.491 e. The molecule has 0 spiro atoms. The highest BCUT2D eigenvalue weighted by Gasteiger charge is 2.34. The molecule has 1 aliphatic heterocycles. The van der Waals surface area contributed by atoms with E-state index < -0.39 is 0 Å². The lowest BCUT2D eigenvalue weighted by atomic mass is 10.1. The van der Waals surface area contributed by atoms with Gasteiger partial charge in [-0.05, 0) is 36.4 Å². The van der Waals surface area contributed by atoms with Gasteiger partial charge in [0.2, 0.25) is 0 Å². The van der Waals surface area contributed by atoms with Crippen LogP contribution in [0.5, 0.6) is 5.75 Å². The Morgan fingerprint density at radius 2 is 0.648 bits per heavy atom. The van der Waals surface area contributed by atoms with Crippen LogP contribution in [0.4, 0.5) is 5.69 Å². The van der Waals surface area contributed by atoms with Crippen molar-refractivity contribution in [3.05, 3.63) is 59.7 Å². The molecule has 2 aromatic carbocycles. The fraction of sp³-hybridized carbons (Fsp3) is 0.632. The second-order valence-corrected chi connectivity index (χ2v) is 11.5. The predicted octanol–water partition coefficient (Wildman–Crippen LogP) is 2.13. The zero-order valence-corrected chi connectivity index (χ0v) is 31.3. The number of anilines is 1. The van der Waals surface area contributed by atoms with Gasteiger partial charge in [0, 0.05) is 5.69 Å². The molecule has 54 heavy (non-hydrogen) atoms. The number of benzene rings is 2. The van der Waals surface area contributed by atoms with Crippen LogP contribution in [-0.2, 0) is 52.1 Å². The molecule has 0 saturated heterocycles. The fourth-order valence-electron chi connectivity index (χ4n) is 4.68. The van der Waals surface area contributed by atoms with Gasteiger partial charge < -0.3 is 62.6 Å². The van der Waals surface area contributed by atoms with E-state index in [0.29, 0.717) is 162 Å². The SMILES string of the molecule is Nc1ccc(OCCOCCOCCOCCOCCOCCOCCOCCOCCOCCOCCOCCN2C(=O)c3ccccc3C2=O)cc1. The van der Waals surface area contributed by atoms with Crippen molar-refractivity contribution in [1.29, 1.82) is 0 Å². The van der Waals surface area contributed by atoms with E-state index in [-0.39, 0.29) is 25.0 Å². The topological polar surface area (TPSA) is 174 Å². The number of imide groups is 1. The average molecular weight is 767 g/mol. The summed E-state index contributed by atoms with van der Waals surface area (Å²) < 4.78 is 65.9. The number of rotatable bonds is 37. The van der Waals surface area contributed by atoms with Crippen molar-refractivity contribution < 1.29 is 66.4 Å². The maximum absolute atomic E-state index is 12.3. The molecule has 2 aromatic rings. The first kappa shape index (κ1) is 45.1. The molecule has 0 aromatic heterocycles. The number of fused-ring (bicyclic) bond motifs is 1. The lowest BCUT2D eigenvalue weighted by Crippen LogP contribution is -2.33. The van der Waals surface area contributed by atoms with Gasteiger partial charge in [0.25, 0.3) is 11.8 Å². The summed E-state index contributed by atoms with van der Waals surface area (Å²) in [7, 11) is 0. The highest BCUT2D eigenvalue weighted by atomic mass is 16.6. The van der Waals surface area contributed by atoms with Crippen molar-refractivity contribution in [3.63, 3.8) is 0 Å². The maximum Gasteiger partial charge on any atom is 0.261 e. The van der Waals surface area contributed by atoms with Crippen LogP contribution < -0.4 is 10.5 Å². The summed E-state index contributed by atoms with van der Waals surface area (Å²) in [6.45, 7) is 10.8. The quantitative estimate of drug-likeness (QED) is 0.0602. The molecular formula is C38H58N2O14. The maximum atomic E-state index is 12.3. The van der Waals surface area contributed by atoms with Crippen molar-refractivity contribution >= 4 is 17.5 Å². The molecule has 0 atom stereocenters. The summed E-state index contributed by atoms with van der Waals surface area (Å²) in [5, 5.41) is 0. The third-order valence-electron chi connectivity index (χ3n) is 7.43. The molecule has 0 saturated carbocycles. The van der Waals surface area contributed by atoms with Crippen LogP contribution in [0.2, 0.25) is 0 Å². The van der Waals surface area contributed by atoms with Crippen LogP contribution in [-0.4, -0.2) is 175 Å². The van der Waals surface area contributed by atoms with Gasteiger partial charge in [-0.1, -0.05) is 12.1 Å². The van der Waals surface area contributed by atoms with Crippen LogP contribution in [0, 0.1) is 0 Å². The van der Waals surface area contributed by atoms with Gasteiger partial charge in [-0.2, -0.15) is 0 Å². The number of carbonyl (C=O) groups excluding carboxylic acids is 2. The van der Waals surface area contributed by atoms with Crippen molar-refractivity contribution in [2.75, 3.05) is 164 Å². The zero-order valence-electron chi connectivity index (χ0n) is 31.3. The molecule has 0 bridgehead atoms. The van der Waals surface area contributed by atoms with Gasteiger partial charge in [0.1, 0.15) is 12.4 Å². The summed E-state index contributed by atoms with van der Waals surface area (Å²) in [5.41, 5.74) is 7.23. The van der Waals surface area contributed by atoms with Crippen LogP contribution in [0.15, 0.2) is 48.5 Å². The van der Waals surface area contributed by atoms with Crippen LogP contribution in [0.1, 0.15) is 20.7 Å². The Labute approximate surface area is 318 Å². The van der Waals surface area contributed by atoms with Gasteiger partial charge in [-0.15, -0.1) is 0 Å². The van der Waals surface area contributed by atoms with Crippen LogP contribution >= 0.6 is 0 Å². The number of amides is 2. The molecule has 2 amide bonds. The molecule has 16 nitrogen and oxygen atoms in total. The Morgan fingerprint density at radius 3 is 0.963 bits per heavy atom. The molecular weight excluding hydrogens is 708 g/mol. The smallest absolute Gasteiger partial charge is 0.261 e. The lowest BCUT2D eigenvalue weighted by molar-refractivity contribution is -0.0278. The molecule has 0 aliphatic carbocycles. The van der Waals surface area contributed by atoms with Crippen molar-refractivity contribution in [2.24, 2.45) is 0 Å². The summed E-state index contributed by atoms with van der Waals surface area (Å²) in [6.07, 6.45) is 0. The summed E-state index contributed by atoms with van der Waals surface area (Å²) in [5.74, 6) is 0.205. The number of hydrogen-bond acceptors (Lipinski definition) is 15. The second kappa shape index (κ2) is 31.0.